The molecule has 1 aliphatic carbocycles. The van der Waals surface area contributed by atoms with Gasteiger partial charge in [-0.05, 0) is 42.0 Å². The lowest BCUT2D eigenvalue weighted by Crippen LogP contribution is -2.25. The summed E-state index contributed by atoms with van der Waals surface area (Å²) >= 11 is 0. The largest absolute Gasteiger partial charge is 0.465 e. The number of fused-ring (bicyclic) bond motifs is 2. The first-order valence-corrected chi connectivity index (χ1v) is 7.28. The smallest absolute Gasteiger partial charge is 0.302 e. The second-order valence-corrected chi connectivity index (χ2v) is 6.53. The van der Waals surface area contributed by atoms with Gasteiger partial charge in [-0.15, -0.1) is 0 Å². The molecule has 4 nitrogen and oxygen atoms in total. The molecule has 0 fully saturated rings. The molecule has 1 heterocycles. The van der Waals surface area contributed by atoms with Gasteiger partial charge in [0.05, 0.1) is 13.2 Å². The number of carbonyl (C=O) groups excluding carboxylic acids is 2. The van der Waals surface area contributed by atoms with Crippen LogP contribution in [0.2, 0.25) is 0 Å². The maximum Gasteiger partial charge on any atom is 0.302 e. The second-order valence-electron chi connectivity index (χ2n) is 6.53. The number of esters is 1. The third-order valence-corrected chi connectivity index (χ3v) is 4.50. The first kappa shape index (κ1) is 14.3. The number of Topliss-reactive ketones (excluding diaryl/α,β-unsaturated/α-hetero) is 1. The highest BCUT2D eigenvalue weighted by molar-refractivity contribution is 6.01. The van der Waals surface area contributed by atoms with E-state index in [4.69, 9.17) is 9.47 Å². The Hall–Kier alpha value is -1.68. The predicted octanol–water partition coefficient (Wildman–Crippen LogP) is 2.38. The van der Waals surface area contributed by atoms with E-state index in [0.29, 0.717) is 13.2 Å². The number of benzene rings is 1. The van der Waals surface area contributed by atoms with Gasteiger partial charge in [0, 0.05) is 17.9 Å². The Labute approximate surface area is 124 Å². The Kier molecular flexibility index (Phi) is 3.36. The van der Waals surface area contributed by atoms with Crippen molar-refractivity contribution in [1.82, 2.24) is 0 Å². The molecule has 4 heteroatoms. The summed E-state index contributed by atoms with van der Waals surface area (Å²) in [6.07, 6.45) is 1.72. The van der Waals surface area contributed by atoms with Crippen LogP contribution in [0.1, 0.15) is 46.5 Å². The summed E-state index contributed by atoms with van der Waals surface area (Å²) in [5.74, 6) is -0.170. The molecule has 1 atom stereocenters. The van der Waals surface area contributed by atoms with Gasteiger partial charge in [-0.2, -0.15) is 0 Å². The predicted molar refractivity (Wildman–Crippen MR) is 77.3 cm³/mol. The maximum absolute atomic E-state index is 12.1. The molecule has 0 spiro atoms. The number of ketones is 1. The van der Waals surface area contributed by atoms with Crippen LogP contribution in [0.3, 0.4) is 0 Å². The van der Waals surface area contributed by atoms with Crippen LogP contribution >= 0.6 is 0 Å². The lowest BCUT2D eigenvalue weighted by molar-refractivity contribution is -0.144. The van der Waals surface area contributed by atoms with Crippen LogP contribution in [-0.4, -0.2) is 25.0 Å². The van der Waals surface area contributed by atoms with Crippen LogP contribution in [0.5, 0.6) is 0 Å². The van der Waals surface area contributed by atoms with Crippen molar-refractivity contribution in [3.8, 4) is 0 Å². The monoisotopic (exact) mass is 288 g/mol. The summed E-state index contributed by atoms with van der Waals surface area (Å²) in [6.45, 7) is 6.70. The molecule has 112 valence electrons. The molecular weight excluding hydrogens is 268 g/mol. The first-order chi connectivity index (χ1) is 9.89. The number of rotatable bonds is 2. The molecule has 0 saturated carbocycles. The van der Waals surface area contributed by atoms with Gasteiger partial charge in [0.15, 0.2) is 5.78 Å². The summed E-state index contributed by atoms with van der Waals surface area (Å²) in [7, 11) is 0. The fourth-order valence-electron chi connectivity index (χ4n) is 3.56. The Morgan fingerprint density at radius 3 is 2.81 bits per heavy atom. The first-order valence-electron chi connectivity index (χ1n) is 7.28. The molecule has 21 heavy (non-hydrogen) atoms. The minimum Gasteiger partial charge on any atom is -0.465 e. The Morgan fingerprint density at radius 1 is 1.33 bits per heavy atom. The molecule has 0 bridgehead atoms. The molecule has 3 rings (SSSR count). The van der Waals surface area contributed by atoms with Gasteiger partial charge < -0.3 is 9.47 Å². The second kappa shape index (κ2) is 4.95. The van der Waals surface area contributed by atoms with Gasteiger partial charge in [0.1, 0.15) is 6.61 Å². The van der Waals surface area contributed by atoms with Crippen LogP contribution in [-0.2, 0) is 33.7 Å². The van der Waals surface area contributed by atoms with E-state index in [1.165, 1.54) is 18.1 Å². The molecule has 1 aromatic rings. The van der Waals surface area contributed by atoms with E-state index in [9.17, 15) is 9.59 Å². The van der Waals surface area contributed by atoms with E-state index in [1.807, 2.05) is 6.92 Å². The van der Waals surface area contributed by atoms with Gasteiger partial charge >= 0.3 is 5.97 Å². The van der Waals surface area contributed by atoms with Crippen molar-refractivity contribution in [2.45, 2.75) is 40.2 Å². The molecule has 2 aliphatic rings. The zero-order valence-corrected chi connectivity index (χ0v) is 12.7. The van der Waals surface area contributed by atoms with E-state index in [2.05, 4.69) is 13.0 Å². The average Bonchev–Trinajstić information content (AvgIpc) is 2.74. The third-order valence-electron chi connectivity index (χ3n) is 4.50. The van der Waals surface area contributed by atoms with Crippen molar-refractivity contribution in [2.75, 3.05) is 13.2 Å². The number of ether oxygens (including phenoxy) is 2. The summed E-state index contributed by atoms with van der Waals surface area (Å²) in [6, 6.07) is 2.10. The van der Waals surface area contributed by atoms with Crippen LogP contribution < -0.4 is 0 Å². The zero-order chi connectivity index (χ0) is 15.2. The summed E-state index contributed by atoms with van der Waals surface area (Å²) < 4.78 is 10.6. The van der Waals surface area contributed by atoms with Crippen molar-refractivity contribution in [1.29, 1.82) is 0 Å². The number of carbonyl (C=O) groups is 2. The standard InChI is InChI=1S/C17H20O4/c1-10-14-6-17(3,9-21-11(2)18)5-12(14)4-13-7-20-8-15(19)16(10)13/h4H,5-9H2,1-3H3. The number of hydrogen-bond donors (Lipinski definition) is 0. The van der Waals surface area contributed by atoms with Crippen molar-refractivity contribution in [3.05, 3.63) is 33.9 Å². The van der Waals surface area contributed by atoms with Gasteiger partial charge in [-0.25, -0.2) is 0 Å². The molecular formula is C17H20O4. The van der Waals surface area contributed by atoms with Crippen LogP contribution in [0.4, 0.5) is 0 Å². The highest BCUT2D eigenvalue weighted by atomic mass is 16.5. The van der Waals surface area contributed by atoms with Crippen molar-refractivity contribution < 1.29 is 19.1 Å². The van der Waals surface area contributed by atoms with E-state index < -0.39 is 0 Å². The van der Waals surface area contributed by atoms with Crippen molar-refractivity contribution in [3.63, 3.8) is 0 Å². The molecule has 0 N–H and O–H groups in total. The molecule has 0 amide bonds. The van der Waals surface area contributed by atoms with E-state index in [1.54, 1.807) is 0 Å². The van der Waals surface area contributed by atoms with Gasteiger partial charge in [0.2, 0.25) is 0 Å². The molecule has 0 saturated heterocycles. The molecule has 1 aliphatic heterocycles. The van der Waals surface area contributed by atoms with Crippen LogP contribution in [0.15, 0.2) is 6.07 Å². The zero-order valence-electron chi connectivity index (χ0n) is 12.7. The fourth-order valence-corrected chi connectivity index (χ4v) is 3.56. The van der Waals surface area contributed by atoms with Gasteiger partial charge in [-0.3, -0.25) is 9.59 Å². The molecule has 0 radical (unpaired) electrons. The maximum atomic E-state index is 12.1. The average molecular weight is 288 g/mol. The normalized spacial score (nSPS) is 23.7. The van der Waals surface area contributed by atoms with E-state index in [0.717, 1.165) is 29.5 Å². The summed E-state index contributed by atoms with van der Waals surface area (Å²) in [5.41, 5.74) is 5.36. The topological polar surface area (TPSA) is 52.6 Å². The van der Waals surface area contributed by atoms with E-state index in [-0.39, 0.29) is 23.8 Å². The Bertz CT molecular complexity index is 632. The number of hydrogen-bond acceptors (Lipinski definition) is 4. The van der Waals surface area contributed by atoms with Gasteiger partial charge in [-0.1, -0.05) is 13.0 Å². The van der Waals surface area contributed by atoms with Crippen molar-refractivity contribution >= 4 is 11.8 Å². The highest BCUT2D eigenvalue weighted by Crippen LogP contribution is 2.41. The SMILES string of the molecule is CC(=O)OCC1(C)Cc2cc3c(c(C)c2C1)C(=O)COC3. The lowest BCUT2D eigenvalue weighted by Gasteiger charge is -2.22. The molecule has 1 aromatic carbocycles. The third kappa shape index (κ3) is 2.48. The van der Waals surface area contributed by atoms with Gasteiger partial charge in [0.25, 0.3) is 0 Å². The Morgan fingerprint density at radius 2 is 2.10 bits per heavy atom. The fraction of sp³-hybridized carbons (Fsp3) is 0.529. The van der Waals surface area contributed by atoms with Crippen LogP contribution in [0, 0.1) is 12.3 Å². The Balaban J connectivity index is 1.95. The quantitative estimate of drug-likeness (QED) is 0.784. The van der Waals surface area contributed by atoms with Crippen LogP contribution in [0.25, 0.3) is 0 Å². The summed E-state index contributed by atoms with van der Waals surface area (Å²) in [5, 5.41) is 0. The molecule has 0 aromatic heterocycles. The minimum absolute atomic E-state index is 0.0742. The minimum atomic E-state index is -0.244. The lowest BCUT2D eigenvalue weighted by atomic mass is 9.87. The van der Waals surface area contributed by atoms with Crippen molar-refractivity contribution in [2.24, 2.45) is 5.41 Å². The highest BCUT2D eigenvalue weighted by Gasteiger charge is 2.37. The summed E-state index contributed by atoms with van der Waals surface area (Å²) in [4.78, 5) is 23.1. The molecule has 1 unspecified atom stereocenters. The van der Waals surface area contributed by atoms with E-state index >= 15 is 0 Å².